The first-order valence-electron chi connectivity index (χ1n) is 17.9. The average Bonchev–Trinajstić information content (AvgIpc) is 3.21. The fourth-order valence-corrected chi connectivity index (χ4v) is 7.75. The molecule has 0 saturated heterocycles. The van der Waals surface area contributed by atoms with Gasteiger partial charge in [0.05, 0.1) is 5.71 Å². The smallest absolute Gasteiger partial charge is 0.0690 e. The number of nitrogens with one attached hydrogen (secondary N) is 1. The number of allylic oxidation sites excluding steroid dienone is 3. The lowest BCUT2D eigenvalue weighted by Gasteiger charge is -2.19. The highest BCUT2D eigenvalue weighted by Crippen LogP contribution is 2.46. The van der Waals surface area contributed by atoms with Crippen molar-refractivity contribution in [1.29, 1.82) is 5.41 Å². The van der Waals surface area contributed by atoms with E-state index in [1.54, 1.807) is 6.08 Å². The van der Waals surface area contributed by atoms with Gasteiger partial charge in [-0.25, -0.2) is 0 Å². The minimum absolute atomic E-state index is 0.428. The van der Waals surface area contributed by atoms with Crippen LogP contribution >= 0.6 is 0 Å². The molecule has 0 aliphatic carbocycles. The summed E-state index contributed by atoms with van der Waals surface area (Å²) in [6.45, 7) is 14.0. The molecule has 8 rings (SSSR count). The quantitative estimate of drug-likeness (QED) is 0.0893. The van der Waals surface area contributed by atoms with Crippen LogP contribution < -0.4 is 0 Å². The molecule has 0 aliphatic rings. The van der Waals surface area contributed by atoms with Gasteiger partial charge in [-0.2, -0.15) is 0 Å². The fraction of sp³-hybridized carbons (Fsp3) is 0.0192. The molecule has 0 atom stereocenters. The molecule has 8 aromatic carbocycles. The molecule has 53 heavy (non-hydrogen) atoms. The van der Waals surface area contributed by atoms with Crippen LogP contribution in [0.4, 0.5) is 0 Å². The largest absolute Gasteiger partial charge is 0.300 e. The Morgan fingerprint density at radius 3 is 1.57 bits per heavy atom. The second-order valence-corrected chi connectivity index (χ2v) is 13.4. The first-order chi connectivity index (χ1) is 26.0. The summed E-state index contributed by atoms with van der Waals surface area (Å²) in [4.78, 5) is 0. The van der Waals surface area contributed by atoms with E-state index in [9.17, 15) is 5.41 Å². The molecule has 0 bridgehead atoms. The van der Waals surface area contributed by atoms with Gasteiger partial charge in [0, 0.05) is 11.1 Å². The van der Waals surface area contributed by atoms with Crippen molar-refractivity contribution in [2.75, 3.05) is 0 Å². The summed E-state index contributed by atoms with van der Waals surface area (Å²) in [6.07, 6.45) is 7.29. The summed E-state index contributed by atoms with van der Waals surface area (Å²) in [7, 11) is 0. The van der Waals surface area contributed by atoms with Crippen molar-refractivity contribution in [3.63, 3.8) is 0 Å². The topological polar surface area (TPSA) is 23.9 Å². The summed E-state index contributed by atoms with van der Waals surface area (Å²) < 4.78 is 0. The molecule has 0 aliphatic heterocycles. The van der Waals surface area contributed by atoms with Crippen LogP contribution in [0.5, 0.6) is 0 Å². The molecule has 0 saturated carbocycles. The van der Waals surface area contributed by atoms with Gasteiger partial charge in [0.15, 0.2) is 0 Å². The van der Waals surface area contributed by atoms with Crippen LogP contribution in [0.1, 0.15) is 27.8 Å². The highest BCUT2D eigenvalue weighted by Gasteiger charge is 2.19. The van der Waals surface area contributed by atoms with Gasteiger partial charge < -0.3 is 0 Å². The number of benzene rings is 8. The van der Waals surface area contributed by atoms with Gasteiger partial charge in [0.25, 0.3) is 0 Å². The lowest BCUT2D eigenvalue weighted by Crippen LogP contribution is -2.04. The maximum absolute atomic E-state index is 9.22. The second kappa shape index (κ2) is 14.1. The molecule has 8 aromatic rings. The Labute approximate surface area is 311 Å². The molecule has 0 radical (unpaired) electrons. The van der Waals surface area contributed by atoms with E-state index in [0.717, 1.165) is 33.4 Å². The standard InChI is InChI=1S/C52H39N/c1-5-14-42(52(53)40-32-27-35(6-2)36(7-3)33-40)38-28-30-39(31-29-38)50-46-15-8-10-17-48(46)51(49-18-11-9-16-47(49)50)45-22-13-20-43-41(19-12-21-44(43)45)37-25-23-34(4)24-26-37/h5-33,53H,1-3H2,4H3/b42-14-,53-52?. The number of rotatable bonds is 9. The van der Waals surface area contributed by atoms with Crippen LogP contribution in [0.3, 0.4) is 0 Å². The molecular weight excluding hydrogens is 639 g/mol. The number of fused-ring (bicyclic) bond motifs is 3. The highest BCUT2D eigenvalue weighted by molar-refractivity contribution is 6.31. The van der Waals surface area contributed by atoms with Gasteiger partial charge in [-0.15, -0.1) is 0 Å². The molecule has 0 aromatic heterocycles. The maximum Gasteiger partial charge on any atom is 0.0690 e. The highest BCUT2D eigenvalue weighted by atomic mass is 14.4. The lowest BCUT2D eigenvalue weighted by atomic mass is 9.84. The molecular formula is C52H39N. The molecule has 0 fully saturated rings. The molecule has 1 heteroatoms. The Balaban J connectivity index is 1.28. The van der Waals surface area contributed by atoms with Crippen LogP contribution in [0.25, 0.3) is 83.4 Å². The van der Waals surface area contributed by atoms with Crippen molar-refractivity contribution >= 4 is 55.8 Å². The molecule has 0 unspecified atom stereocenters. The molecule has 252 valence electrons. The Hall–Kier alpha value is -6.83. The van der Waals surface area contributed by atoms with Crippen LogP contribution in [0.15, 0.2) is 184 Å². The summed E-state index contributed by atoms with van der Waals surface area (Å²) in [6, 6.07) is 54.4. The zero-order valence-corrected chi connectivity index (χ0v) is 29.9. The molecule has 0 spiro atoms. The number of hydrogen-bond donors (Lipinski definition) is 1. The first kappa shape index (κ1) is 33.3. The van der Waals surface area contributed by atoms with Gasteiger partial charge >= 0.3 is 0 Å². The second-order valence-electron chi connectivity index (χ2n) is 13.4. The fourth-order valence-electron chi connectivity index (χ4n) is 7.75. The van der Waals surface area contributed by atoms with Crippen molar-refractivity contribution in [3.05, 3.63) is 211 Å². The van der Waals surface area contributed by atoms with Gasteiger partial charge in [-0.05, 0) is 95.4 Å². The predicted octanol–water partition coefficient (Wildman–Crippen LogP) is 14.4. The molecule has 0 heterocycles. The van der Waals surface area contributed by atoms with Crippen molar-refractivity contribution in [2.45, 2.75) is 6.92 Å². The van der Waals surface area contributed by atoms with Gasteiger partial charge in [0.1, 0.15) is 0 Å². The van der Waals surface area contributed by atoms with Gasteiger partial charge in [0.2, 0.25) is 0 Å². The summed E-state index contributed by atoms with van der Waals surface area (Å²) in [5.74, 6) is 0. The molecule has 1 N–H and O–H groups in total. The summed E-state index contributed by atoms with van der Waals surface area (Å²) in [5.41, 5.74) is 13.5. The van der Waals surface area contributed by atoms with E-state index in [4.69, 9.17) is 0 Å². The minimum Gasteiger partial charge on any atom is -0.300 e. The maximum atomic E-state index is 9.22. The lowest BCUT2D eigenvalue weighted by molar-refractivity contribution is 1.47. The Morgan fingerprint density at radius 1 is 0.472 bits per heavy atom. The van der Waals surface area contributed by atoms with Crippen LogP contribution in [-0.4, -0.2) is 5.71 Å². The zero-order chi connectivity index (χ0) is 36.5. The van der Waals surface area contributed by atoms with Crippen molar-refractivity contribution in [3.8, 4) is 33.4 Å². The van der Waals surface area contributed by atoms with E-state index in [2.05, 4.69) is 160 Å². The minimum atomic E-state index is 0.428. The Kier molecular flexibility index (Phi) is 8.84. The van der Waals surface area contributed by atoms with E-state index in [0.29, 0.717) is 5.71 Å². The third kappa shape index (κ3) is 5.93. The molecule has 1 nitrogen and oxygen atoms in total. The van der Waals surface area contributed by atoms with Gasteiger partial charge in [-0.1, -0.05) is 195 Å². The van der Waals surface area contributed by atoms with Crippen molar-refractivity contribution in [2.24, 2.45) is 0 Å². The normalized spacial score (nSPS) is 11.5. The average molecular weight is 678 g/mol. The monoisotopic (exact) mass is 677 g/mol. The van der Waals surface area contributed by atoms with Gasteiger partial charge in [-0.3, -0.25) is 5.41 Å². The third-order valence-electron chi connectivity index (χ3n) is 10.3. The predicted molar refractivity (Wildman–Crippen MR) is 232 cm³/mol. The summed E-state index contributed by atoms with van der Waals surface area (Å²) >= 11 is 0. The van der Waals surface area contributed by atoms with E-state index in [1.165, 1.54) is 65.7 Å². The number of aryl methyl sites for hydroxylation is 1. The van der Waals surface area contributed by atoms with E-state index < -0.39 is 0 Å². The van der Waals surface area contributed by atoms with Crippen LogP contribution in [-0.2, 0) is 0 Å². The van der Waals surface area contributed by atoms with E-state index >= 15 is 0 Å². The van der Waals surface area contributed by atoms with Crippen LogP contribution in [0.2, 0.25) is 0 Å². The van der Waals surface area contributed by atoms with Crippen molar-refractivity contribution < 1.29 is 0 Å². The Morgan fingerprint density at radius 2 is 0.981 bits per heavy atom. The van der Waals surface area contributed by atoms with E-state index in [1.807, 2.05) is 36.4 Å². The third-order valence-corrected chi connectivity index (χ3v) is 10.3. The zero-order valence-electron chi connectivity index (χ0n) is 29.9. The SMILES string of the molecule is C=C/C=C(\C(=N)c1ccc(C=C)c(C=C)c1)c1ccc(-c2c3ccccc3c(-c3cccc4c(-c5ccc(C)cc5)cccc34)c3ccccc23)cc1. The first-order valence-corrected chi connectivity index (χ1v) is 17.9. The number of hydrogen-bond acceptors (Lipinski definition) is 1. The molecule has 0 amide bonds. The summed E-state index contributed by atoms with van der Waals surface area (Å²) in [5, 5.41) is 16.5. The van der Waals surface area contributed by atoms with Crippen LogP contribution in [0, 0.1) is 12.3 Å². The van der Waals surface area contributed by atoms with Crippen molar-refractivity contribution in [1.82, 2.24) is 0 Å². The Bertz CT molecular complexity index is 2720. The van der Waals surface area contributed by atoms with E-state index in [-0.39, 0.29) is 0 Å².